The average molecular weight is 394 g/mol. The lowest BCUT2D eigenvalue weighted by atomic mass is 10.1. The zero-order chi connectivity index (χ0) is 19.8. The molecule has 29 heavy (non-hydrogen) atoms. The largest absolute Gasteiger partial charge is 0.488 e. The number of ether oxygens (including phenoxy) is 1. The molecule has 3 aromatic rings. The summed E-state index contributed by atoms with van der Waals surface area (Å²) in [4.78, 5) is 23.0. The molecule has 4 heterocycles. The van der Waals surface area contributed by atoms with Crippen LogP contribution in [0.5, 0.6) is 5.75 Å². The number of likely N-dealkylation sites (tertiary alicyclic amines) is 1. The number of hydrogen-bond donors (Lipinski definition) is 2. The lowest BCUT2D eigenvalue weighted by Gasteiger charge is -2.41. The minimum atomic E-state index is -0.316. The molecule has 0 aliphatic carbocycles. The molecule has 2 aliphatic rings. The molecule has 1 aromatic carbocycles. The number of benzene rings is 1. The summed E-state index contributed by atoms with van der Waals surface area (Å²) in [5, 5.41) is 2.95. The molecule has 1 amide bonds. The van der Waals surface area contributed by atoms with Crippen molar-refractivity contribution in [2.75, 3.05) is 25.1 Å². The second-order valence-corrected chi connectivity index (χ2v) is 7.11. The maximum atomic E-state index is 13.2. The van der Waals surface area contributed by atoms with Gasteiger partial charge in [-0.15, -0.1) is 0 Å². The highest BCUT2D eigenvalue weighted by Gasteiger charge is 2.33. The lowest BCUT2D eigenvalue weighted by Crippen LogP contribution is -2.61. The number of amides is 1. The van der Waals surface area contributed by atoms with E-state index in [0.29, 0.717) is 18.1 Å². The van der Waals surface area contributed by atoms with Crippen LogP contribution in [0, 0.1) is 5.82 Å². The van der Waals surface area contributed by atoms with E-state index in [9.17, 15) is 9.18 Å². The lowest BCUT2D eigenvalue weighted by molar-refractivity contribution is 0.0146. The molecule has 9 heteroatoms. The van der Waals surface area contributed by atoms with E-state index in [1.807, 2.05) is 12.1 Å². The Balaban J connectivity index is 1.23. The van der Waals surface area contributed by atoms with Crippen molar-refractivity contribution in [1.29, 1.82) is 0 Å². The number of fused-ring (bicyclic) bond motifs is 1. The number of aromatic nitrogens is 3. The van der Waals surface area contributed by atoms with Gasteiger partial charge in [0, 0.05) is 37.6 Å². The number of carbonyl (C=O) groups excluding carboxylic acids is 1. The number of nitrogens with zero attached hydrogens (tertiary/aromatic N) is 4. The Labute approximate surface area is 166 Å². The molecule has 1 saturated heterocycles. The van der Waals surface area contributed by atoms with E-state index < -0.39 is 0 Å². The highest BCUT2D eigenvalue weighted by atomic mass is 19.1. The second-order valence-electron chi connectivity index (χ2n) is 7.11. The first-order valence-corrected chi connectivity index (χ1v) is 9.36. The molecule has 2 aliphatic heterocycles. The first-order chi connectivity index (χ1) is 14.2. The Morgan fingerprint density at radius 2 is 1.90 bits per heavy atom. The Bertz CT molecular complexity index is 1020. The molecular weight excluding hydrogens is 375 g/mol. The van der Waals surface area contributed by atoms with Gasteiger partial charge in [-0.2, -0.15) is 0 Å². The van der Waals surface area contributed by atoms with Gasteiger partial charge in [0.25, 0.3) is 5.91 Å². The summed E-state index contributed by atoms with van der Waals surface area (Å²) < 4.78 is 20.8. The molecule has 8 nitrogen and oxygen atoms in total. The predicted molar refractivity (Wildman–Crippen MR) is 103 cm³/mol. The Kier molecular flexibility index (Phi) is 4.36. The Morgan fingerprint density at radius 3 is 2.66 bits per heavy atom. The van der Waals surface area contributed by atoms with Crippen LogP contribution < -0.4 is 15.5 Å². The third kappa shape index (κ3) is 3.52. The van der Waals surface area contributed by atoms with Gasteiger partial charge in [-0.1, -0.05) is 0 Å². The number of carbonyl (C=O) groups is 1. The third-order valence-electron chi connectivity index (χ3n) is 5.00. The van der Waals surface area contributed by atoms with Crippen molar-refractivity contribution in [2.24, 2.45) is 0 Å². The number of rotatable bonds is 5. The molecule has 0 bridgehead atoms. The van der Waals surface area contributed by atoms with Crippen molar-refractivity contribution < 1.29 is 13.9 Å². The molecule has 0 saturated carbocycles. The minimum Gasteiger partial charge on any atom is -0.488 e. The van der Waals surface area contributed by atoms with Crippen LogP contribution in [0.3, 0.4) is 0 Å². The van der Waals surface area contributed by atoms with Crippen molar-refractivity contribution in [3.8, 4) is 17.1 Å². The summed E-state index contributed by atoms with van der Waals surface area (Å²) in [6.07, 6.45) is 4.77. The number of imidazole rings is 1. The van der Waals surface area contributed by atoms with Gasteiger partial charge < -0.3 is 15.5 Å². The molecule has 148 valence electrons. The van der Waals surface area contributed by atoms with E-state index in [1.165, 1.54) is 18.3 Å². The van der Waals surface area contributed by atoms with Gasteiger partial charge in [0.1, 0.15) is 29.5 Å². The van der Waals surface area contributed by atoms with Gasteiger partial charge in [-0.05, 0) is 36.4 Å². The zero-order valence-electron chi connectivity index (χ0n) is 15.5. The van der Waals surface area contributed by atoms with Crippen molar-refractivity contribution in [2.45, 2.75) is 12.3 Å². The Morgan fingerprint density at radius 1 is 1.14 bits per heavy atom. The van der Waals surface area contributed by atoms with Crippen LogP contribution in [0.2, 0.25) is 0 Å². The van der Waals surface area contributed by atoms with Gasteiger partial charge in [0.2, 0.25) is 0 Å². The number of pyridine rings is 1. The highest BCUT2D eigenvalue weighted by molar-refractivity contribution is 5.94. The number of halogens is 1. The molecular formula is C20H19FN6O2. The molecule has 0 spiro atoms. The van der Waals surface area contributed by atoms with Crippen LogP contribution in [-0.4, -0.2) is 57.4 Å². The highest BCUT2D eigenvalue weighted by Crippen LogP contribution is 2.22. The fraction of sp³-hybridized carbons (Fsp3) is 0.250. The minimum absolute atomic E-state index is 0.121. The second kappa shape index (κ2) is 7.17. The van der Waals surface area contributed by atoms with Gasteiger partial charge >= 0.3 is 0 Å². The smallest absolute Gasteiger partial charge is 0.273 e. The average Bonchev–Trinajstić information content (AvgIpc) is 3.12. The summed E-state index contributed by atoms with van der Waals surface area (Å²) in [6, 6.07) is 9.71. The normalized spacial score (nSPS) is 19.1. The predicted octanol–water partition coefficient (Wildman–Crippen LogP) is 1.46. The molecule has 2 N–H and O–H groups in total. The van der Waals surface area contributed by atoms with Gasteiger partial charge in [-0.3, -0.25) is 14.7 Å². The monoisotopic (exact) mass is 394 g/mol. The summed E-state index contributed by atoms with van der Waals surface area (Å²) in [7, 11) is 0. The first-order valence-electron chi connectivity index (χ1n) is 9.36. The third-order valence-corrected chi connectivity index (χ3v) is 5.00. The molecule has 2 aromatic heterocycles. The van der Waals surface area contributed by atoms with E-state index in [-0.39, 0.29) is 24.0 Å². The molecule has 0 radical (unpaired) electrons. The van der Waals surface area contributed by atoms with Crippen molar-refractivity contribution >= 4 is 5.91 Å². The summed E-state index contributed by atoms with van der Waals surface area (Å²) in [5.74, 6) is 0.867. The summed E-state index contributed by atoms with van der Waals surface area (Å²) in [6.45, 7) is 2.18. The van der Waals surface area contributed by atoms with Crippen LogP contribution in [-0.2, 0) is 0 Å². The van der Waals surface area contributed by atoms with Crippen LogP contribution in [0.25, 0.3) is 11.4 Å². The SMILES string of the molecule is O=C1NC(CN2CC(Oc3ccncc3)C2)Nn2c1cnc2-c1ccc(F)cc1. The topological polar surface area (TPSA) is 84.3 Å². The van der Waals surface area contributed by atoms with Crippen LogP contribution in [0.15, 0.2) is 55.0 Å². The van der Waals surface area contributed by atoms with Crippen molar-refractivity contribution in [3.63, 3.8) is 0 Å². The fourth-order valence-electron chi connectivity index (χ4n) is 3.57. The molecule has 5 rings (SSSR count). The summed E-state index contributed by atoms with van der Waals surface area (Å²) >= 11 is 0. The maximum absolute atomic E-state index is 13.2. The fourth-order valence-corrected chi connectivity index (χ4v) is 3.57. The number of nitrogens with one attached hydrogen (secondary N) is 2. The first kappa shape index (κ1) is 17.6. The van der Waals surface area contributed by atoms with Gasteiger partial charge in [-0.25, -0.2) is 14.1 Å². The molecule has 1 atom stereocenters. The van der Waals surface area contributed by atoms with E-state index in [4.69, 9.17) is 4.74 Å². The zero-order valence-corrected chi connectivity index (χ0v) is 15.5. The van der Waals surface area contributed by atoms with E-state index in [0.717, 1.165) is 24.4 Å². The van der Waals surface area contributed by atoms with Crippen LogP contribution in [0.4, 0.5) is 4.39 Å². The van der Waals surface area contributed by atoms with Crippen LogP contribution in [0.1, 0.15) is 10.5 Å². The van der Waals surface area contributed by atoms with Crippen molar-refractivity contribution in [1.82, 2.24) is 24.9 Å². The molecule has 1 fully saturated rings. The summed E-state index contributed by atoms with van der Waals surface area (Å²) in [5.41, 5.74) is 4.44. The standard InChI is InChI=1S/C20H19FN6O2/c21-14-3-1-13(2-4-14)19-23-9-17-20(28)24-18(25-27(17)19)12-26-10-16(11-26)29-15-5-7-22-8-6-15/h1-9,16,18,25H,10-12H2,(H,24,28). The van der Waals surface area contributed by atoms with Crippen LogP contribution >= 0.6 is 0 Å². The van der Waals surface area contributed by atoms with Crippen molar-refractivity contribution in [3.05, 3.63) is 66.5 Å². The van der Waals surface area contributed by atoms with Gasteiger partial charge in [0.15, 0.2) is 5.82 Å². The Hall–Kier alpha value is -3.46. The number of hydrogen-bond acceptors (Lipinski definition) is 6. The van der Waals surface area contributed by atoms with E-state index in [1.54, 1.807) is 29.2 Å². The van der Waals surface area contributed by atoms with Gasteiger partial charge in [0.05, 0.1) is 6.20 Å². The quantitative estimate of drug-likeness (QED) is 0.682. The molecule has 1 unspecified atom stereocenters. The van der Waals surface area contributed by atoms with E-state index in [2.05, 4.69) is 25.6 Å². The van der Waals surface area contributed by atoms with E-state index >= 15 is 0 Å². The maximum Gasteiger partial charge on any atom is 0.273 e.